The Morgan fingerprint density at radius 1 is 0.750 bits per heavy atom. The summed E-state index contributed by atoms with van der Waals surface area (Å²) in [6.07, 6.45) is 0.528. The standard InChI is InChI=1S/C35H45N5O4/c1-6-36-34(43)31(24(2)3)39-32(41)25(4)37-22-30(20-26-14-9-7-10-15-26)38-33(42)28-18-13-19-29(21-28)35(44)40(5)23-27-16-11-8-12-17-27/h7-19,21,24-25,30-31,37H,6,20,22-23H2,1-5H3,(H,36,43)(H,38,42)(H,39,41)/t25-,30-,31-/m0/s1. The van der Waals surface area contributed by atoms with Gasteiger partial charge in [0.25, 0.3) is 11.8 Å². The lowest BCUT2D eigenvalue weighted by Gasteiger charge is -2.25. The number of rotatable bonds is 15. The predicted molar refractivity (Wildman–Crippen MR) is 173 cm³/mol. The highest BCUT2D eigenvalue weighted by atomic mass is 16.2. The van der Waals surface area contributed by atoms with Gasteiger partial charge in [-0.15, -0.1) is 0 Å². The van der Waals surface area contributed by atoms with Gasteiger partial charge >= 0.3 is 0 Å². The fourth-order valence-electron chi connectivity index (χ4n) is 4.79. The molecular formula is C35H45N5O4. The largest absolute Gasteiger partial charge is 0.355 e. The van der Waals surface area contributed by atoms with Gasteiger partial charge in [0.05, 0.1) is 6.04 Å². The molecule has 0 heterocycles. The second-order valence-electron chi connectivity index (χ2n) is 11.3. The van der Waals surface area contributed by atoms with Gasteiger partial charge in [0.2, 0.25) is 11.8 Å². The van der Waals surface area contributed by atoms with Gasteiger partial charge in [0, 0.05) is 43.9 Å². The maximum atomic E-state index is 13.4. The fourth-order valence-corrected chi connectivity index (χ4v) is 4.79. The maximum Gasteiger partial charge on any atom is 0.253 e. The molecule has 0 saturated heterocycles. The van der Waals surface area contributed by atoms with Gasteiger partial charge in [-0.2, -0.15) is 0 Å². The summed E-state index contributed by atoms with van der Waals surface area (Å²) in [5, 5.41) is 11.9. The first-order valence-corrected chi connectivity index (χ1v) is 15.1. The van der Waals surface area contributed by atoms with Crippen LogP contribution in [0.4, 0.5) is 0 Å². The van der Waals surface area contributed by atoms with E-state index in [4.69, 9.17) is 0 Å². The smallest absolute Gasteiger partial charge is 0.253 e. The summed E-state index contributed by atoms with van der Waals surface area (Å²) in [4.78, 5) is 53.6. The lowest BCUT2D eigenvalue weighted by Crippen LogP contribution is -2.55. The van der Waals surface area contributed by atoms with E-state index in [0.717, 1.165) is 11.1 Å². The van der Waals surface area contributed by atoms with Gasteiger partial charge in [-0.25, -0.2) is 0 Å². The van der Waals surface area contributed by atoms with Crippen LogP contribution in [0.2, 0.25) is 0 Å². The second kappa shape index (κ2) is 17.0. The molecule has 3 atom stereocenters. The van der Waals surface area contributed by atoms with E-state index >= 15 is 0 Å². The number of benzene rings is 3. The average Bonchev–Trinajstić information content (AvgIpc) is 3.02. The zero-order valence-corrected chi connectivity index (χ0v) is 26.3. The minimum absolute atomic E-state index is 0.0800. The zero-order valence-electron chi connectivity index (χ0n) is 26.3. The zero-order chi connectivity index (χ0) is 32.1. The number of nitrogens with zero attached hydrogens (tertiary/aromatic N) is 1. The van der Waals surface area contributed by atoms with Crippen molar-refractivity contribution in [3.05, 3.63) is 107 Å². The van der Waals surface area contributed by atoms with E-state index in [0.29, 0.717) is 37.2 Å². The minimum atomic E-state index is -0.645. The first-order valence-electron chi connectivity index (χ1n) is 15.1. The molecule has 9 nitrogen and oxygen atoms in total. The van der Waals surface area contributed by atoms with Gasteiger partial charge in [-0.1, -0.05) is 80.6 Å². The topological polar surface area (TPSA) is 120 Å². The molecule has 0 unspecified atom stereocenters. The van der Waals surface area contributed by atoms with Gasteiger partial charge < -0.3 is 26.2 Å². The maximum absolute atomic E-state index is 13.4. The molecule has 0 aliphatic rings. The van der Waals surface area contributed by atoms with E-state index in [-0.39, 0.29) is 35.6 Å². The number of hydrogen-bond donors (Lipinski definition) is 4. The molecule has 3 aromatic carbocycles. The van der Waals surface area contributed by atoms with Crippen molar-refractivity contribution in [1.82, 2.24) is 26.2 Å². The van der Waals surface area contributed by atoms with Crippen molar-refractivity contribution >= 4 is 23.6 Å². The highest BCUT2D eigenvalue weighted by Gasteiger charge is 2.26. The SMILES string of the molecule is CCNC(=O)[C@@H](NC(=O)[C@H](C)NC[C@H](Cc1ccccc1)NC(=O)c1cccc(C(=O)N(C)Cc2ccccc2)c1)C(C)C. The number of amides is 4. The van der Waals surface area contributed by atoms with Crippen LogP contribution in [0.15, 0.2) is 84.9 Å². The minimum Gasteiger partial charge on any atom is -0.355 e. The highest BCUT2D eigenvalue weighted by Crippen LogP contribution is 2.12. The molecule has 9 heteroatoms. The van der Waals surface area contributed by atoms with Crippen LogP contribution in [-0.4, -0.2) is 66.8 Å². The third kappa shape index (κ3) is 10.3. The Bertz CT molecular complexity index is 1380. The van der Waals surface area contributed by atoms with Gasteiger partial charge in [0.1, 0.15) is 6.04 Å². The Morgan fingerprint density at radius 3 is 1.98 bits per heavy atom. The lowest BCUT2D eigenvalue weighted by molar-refractivity contribution is -0.130. The summed E-state index contributed by atoms with van der Waals surface area (Å²) in [5.41, 5.74) is 2.83. The summed E-state index contributed by atoms with van der Waals surface area (Å²) < 4.78 is 0. The Morgan fingerprint density at radius 2 is 1.36 bits per heavy atom. The summed E-state index contributed by atoms with van der Waals surface area (Å²) >= 11 is 0. The molecule has 0 spiro atoms. The first-order chi connectivity index (χ1) is 21.1. The summed E-state index contributed by atoms with van der Waals surface area (Å²) in [6, 6.07) is 24.6. The molecule has 0 aliphatic carbocycles. The Hall–Kier alpha value is -4.50. The van der Waals surface area contributed by atoms with Crippen LogP contribution < -0.4 is 21.3 Å². The lowest BCUT2D eigenvalue weighted by atomic mass is 10.0. The van der Waals surface area contributed by atoms with Crippen LogP contribution in [0, 0.1) is 5.92 Å². The van der Waals surface area contributed by atoms with Crippen LogP contribution in [0.1, 0.15) is 59.5 Å². The molecule has 0 bridgehead atoms. The Kier molecular flexibility index (Phi) is 13.1. The van der Waals surface area contributed by atoms with E-state index in [1.165, 1.54) is 0 Å². The number of carbonyl (C=O) groups is 4. The van der Waals surface area contributed by atoms with Crippen molar-refractivity contribution in [2.45, 2.75) is 58.8 Å². The predicted octanol–water partition coefficient (Wildman–Crippen LogP) is 3.55. The normalized spacial score (nSPS) is 13.0. The monoisotopic (exact) mass is 599 g/mol. The number of carbonyl (C=O) groups excluding carboxylic acids is 4. The number of nitrogens with one attached hydrogen (secondary N) is 4. The van der Waals surface area contributed by atoms with Crippen molar-refractivity contribution in [2.24, 2.45) is 5.92 Å². The van der Waals surface area contributed by atoms with E-state index in [1.807, 2.05) is 81.4 Å². The van der Waals surface area contributed by atoms with Crippen molar-refractivity contribution in [1.29, 1.82) is 0 Å². The van der Waals surface area contributed by atoms with Crippen LogP contribution in [0.3, 0.4) is 0 Å². The highest BCUT2D eigenvalue weighted by molar-refractivity contribution is 5.99. The number of hydrogen-bond acceptors (Lipinski definition) is 5. The molecule has 234 valence electrons. The van der Waals surface area contributed by atoms with Gasteiger partial charge in [-0.05, 0) is 55.5 Å². The van der Waals surface area contributed by atoms with Crippen molar-refractivity contribution < 1.29 is 19.2 Å². The van der Waals surface area contributed by atoms with Gasteiger partial charge in [0.15, 0.2) is 0 Å². The van der Waals surface area contributed by atoms with Crippen molar-refractivity contribution in [3.8, 4) is 0 Å². The van der Waals surface area contributed by atoms with E-state index < -0.39 is 12.1 Å². The van der Waals surface area contributed by atoms with Gasteiger partial charge in [-0.3, -0.25) is 19.2 Å². The van der Waals surface area contributed by atoms with Crippen LogP contribution in [0.25, 0.3) is 0 Å². The molecule has 0 aliphatic heterocycles. The van der Waals surface area contributed by atoms with Crippen molar-refractivity contribution in [3.63, 3.8) is 0 Å². The molecule has 0 aromatic heterocycles. The molecule has 4 N–H and O–H groups in total. The summed E-state index contributed by atoms with van der Waals surface area (Å²) in [6.45, 7) is 8.57. The average molecular weight is 600 g/mol. The first kappa shape index (κ1) is 34.0. The van der Waals surface area contributed by atoms with Crippen LogP contribution in [-0.2, 0) is 22.6 Å². The van der Waals surface area contributed by atoms with Crippen molar-refractivity contribution in [2.75, 3.05) is 20.1 Å². The summed E-state index contributed by atoms with van der Waals surface area (Å²) in [5.74, 6) is -1.10. The molecule has 0 fully saturated rings. The molecular weight excluding hydrogens is 554 g/mol. The second-order valence-corrected chi connectivity index (χ2v) is 11.3. The fraction of sp³-hybridized carbons (Fsp3) is 0.371. The molecule has 3 aromatic rings. The van der Waals surface area contributed by atoms with Crippen LogP contribution >= 0.6 is 0 Å². The summed E-state index contributed by atoms with van der Waals surface area (Å²) in [7, 11) is 1.74. The Labute approximate surface area is 260 Å². The molecule has 4 amide bonds. The van der Waals surface area contributed by atoms with Crippen LogP contribution in [0.5, 0.6) is 0 Å². The molecule has 0 radical (unpaired) electrons. The number of likely N-dealkylation sites (N-methyl/N-ethyl adjacent to an activating group) is 1. The Balaban J connectivity index is 1.68. The van der Waals surface area contributed by atoms with E-state index in [1.54, 1.807) is 43.1 Å². The quantitative estimate of drug-likeness (QED) is 0.213. The van der Waals surface area contributed by atoms with E-state index in [2.05, 4.69) is 21.3 Å². The molecule has 3 rings (SSSR count). The molecule has 44 heavy (non-hydrogen) atoms. The third-order valence-corrected chi connectivity index (χ3v) is 7.30. The van der Waals surface area contributed by atoms with E-state index in [9.17, 15) is 19.2 Å². The third-order valence-electron chi connectivity index (χ3n) is 7.30. The molecule has 0 saturated carbocycles.